The van der Waals surface area contributed by atoms with Crippen LogP contribution in [0.3, 0.4) is 0 Å². The fraction of sp³-hybridized carbons (Fsp3) is 1.00. The average Bonchev–Trinajstić information content (AvgIpc) is 1.82. The molecule has 0 aromatic carbocycles. The minimum Gasteiger partial charge on any atom is -0.312 e. The van der Waals surface area contributed by atoms with E-state index < -0.39 is 6.72 Å². The van der Waals surface area contributed by atoms with Crippen LogP contribution in [0.15, 0.2) is 0 Å². The Bertz CT molecular complexity index is 217. The van der Waals surface area contributed by atoms with Crippen molar-refractivity contribution in [2.75, 3.05) is 7.11 Å². The van der Waals surface area contributed by atoms with Crippen molar-refractivity contribution in [3.63, 3.8) is 0 Å². The molecule has 0 unspecified atom stereocenters. The molecule has 0 bridgehead atoms. The lowest BCUT2D eigenvalue weighted by molar-refractivity contribution is -0.0215. The van der Waals surface area contributed by atoms with Gasteiger partial charge in [-0.2, -0.15) is 0 Å². The van der Waals surface area contributed by atoms with E-state index in [2.05, 4.69) is 0 Å². The smallest absolute Gasteiger partial charge is 0.312 e. The zero-order valence-electron chi connectivity index (χ0n) is 7.86. The largest absolute Gasteiger partial charge is 0.327 e. The second-order valence-corrected chi connectivity index (χ2v) is 6.60. The fourth-order valence-electron chi connectivity index (χ4n) is 1.39. The Balaban J connectivity index is 2.77. The summed E-state index contributed by atoms with van der Waals surface area (Å²) >= 11 is 5.13. The number of hydrogen-bond acceptors (Lipinski definition) is 4. The first-order valence-corrected chi connectivity index (χ1v) is 6.47. The zero-order valence-corrected chi connectivity index (χ0v) is 9.58. The first-order valence-electron chi connectivity index (χ1n) is 3.92. The summed E-state index contributed by atoms with van der Waals surface area (Å²) in [5.41, 5.74) is -0.219. The van der Waals surface area contributed by atoms with Gasteiger partial charge in [-0.25, -0.2) is 0 Å². The van der Waals surface area contributed by atoms with Gasteiger partial charge in [-0.15, -0.1) is 0 Å². The van der Waals surface area contributed by atoms with Gasteiger partial charge in [0.05, 0.1) is 11.7 Å². The number of rotatable bonds is 1. The lowest BCUT2D eigenvalue weighted by Gasteiger charge is -2.39. The van der Waals surface area contributed by atoms with Gasteiger partial charge in [0.2, 0.25) is 0 Å². The second kappa shape index (κ2) is 3.35. The van der Waals surface area contributed by atoms with Crippen LogP contribution < -0.4 is 0 Å². The van der Waals surface area contributed by atoms with Crippen molar-refractivity contribution in [3.05, 3.63) is 0 Å². The second-order valence-electron chi connectivity index (χ2n) is 3.60. The zero-order chi connectivity index (χ0) is 9.41. The molecule has 0 aromatic rings. The molecule has 72 valence electrons. The van der Waals surface area contributed by atoms with Gasteiger partial charge < -0.3 is 13.6 Å². The number of hydrogen-bond donors (Lipinski definition) is 0. The Morgan fingerprint density at radius 3 is 2.58 bits per heavy atom. The highest BCUT2D eigenvalue weighted by Gasteiger charge is 2.38. The van der Waals surface area contributed by atoms with Crippen molar-refractivity contribution in [1.82, 2.24) is 0 Å². The van der Waals surface area contributed by atoms with Gasteiger partial charge in [0.1, 0.15) is 0 Å². The minimum atomic E-state index is -2.44. The Hall–Kier alpha value is 0.530. The third-order valence-electron chi connectivity index (χ3n) is 1.67. The first kappa shape index (κ1) is 10.6. The SMILES string of the molecule is CO[P@]1(=S)O[C@@H](C)CC(C)(C)O1. The third kappa shape index (κ3) is 2.51. The molecule has 0 spiro atoms. The fourth-order valence-corrected chi connectivity index (χ4v) is 3.84. The Morgan fingerprint density at radius 1 is 1.58 bits per heavy atom. The van der Waals surface area contributed by atoms with Crippen molar-refractivity contribution in [3.8, 4) is 0 Å². The van der Waals surface area contributed by atoms with Crippen molar-refractivity contribution in [2.45, 2.75) is 38.9 Å². The molecule has 5 heteroatoms. The van der Waals surface area contributed by atoms with Crippen LogP contribution >= 0.6 is 6.72 Å². The lowest BCUT2D eigenvalue weighted by atomic mass is 10.0. The minimum absolute atomic E-state index is 0.125. The van der Waals surface area contributed by atoms with Crippen LogP contribution in [0.4, 0.5) is 0 Å². The van der Waals surface area contributed by atoms with Crippen LogP contribution in [-0.4, -0.2) is 18.8 Å². The van der Waals surface area contributed by atoms with E-state index in [0.29, 0.717) is 0 Å². The summed E-state index contributed by atoms with van der Waals surface area (Å²) in [4.78, 5) is 0. The van der Waals surface area contributed by atoms with Gasteiger partial charge in [-0.1, -0.05) is 0 Å². The molecule has 0 amide bonds. The molecule has 0 radical (unpaired) electrons. The molecule has 1 rings (SSSR count). The van der Waals surface area contributed by atoms with Gasteiger partial charge in [-0.05, 0) is 32.6 Å². The van der Waals surface area contributed by atoms with Crippen molar-refractivity contribution in [2.24, 2.45) is 0 Å². The summed E-state index contributed by atoms with van der Waals surface area (Å²) in [7, 11) is 1.54. The quantitative estimate of drug-likeness (QED) is 0.621. The van der Waals surface area contributed by atoms with Crippen LogP contribution in [0.2, 0.25) is 0 Å². The van der Waals surface area contributed by atoms with E-state index in [1.54, 1.807) is 0 Å². The Kier molecular flexibility index (Phi) is 2.96. The standard InChI is InChI=1S/C7H15O3PS/c1-6-5-7(2,3)10-11(12,8-4)9-6/h6H,5H2,1-4H3/t6-,11-/m0/s1. The van der Waals surface area contributed by atoms with Crippen molar-refractivity contribution < 1.29 is 13.6 Å². The van der Waals surface area contributed by atoms with Gasteiger partial charge in [0.25, 0.3) is 0 Å². The molecule has 2 atom stereocenters. The van der Waals surface area contributed by atoms with Crippen LogP contribution in [0.5, 0.6) is 0 Å². The molecule has 12 heavy (non-hydrogen) atoms. The van der Waals surface area contributed by atoms with Crippen LogP contribution in [-0.2, 0) is 25.4 Å². The topological polar surface area (TPSA) is 27.7 Å². The summed E-state index contributed by atoms with van der Waals surface area (Å²) in [6.07, 6.45) is 0.980. The summed E-state index contributed by atoms with van der Waals surface area (Å²) in [6.45, 7) is 3.56. The van der Waals surface area contributed by atoms with Crippen LogP contribution in [0.1, 0.15) is 27.2 Å². The normalized spacial score (nSPS) is 41.2. The predicted octanol–water partition coefficient (Wildman–Crippen LogP) is 2.46. The highest BCUT2D eigenvalue weighted by atomic mass is 32.5. The lowest BCUT2D eigenvalue weighted by Crippen LogP contribution is -2.34. The third-order valence-corrected chi connectivity index (χ3v) is 4.38. The Morgan fingerprint density at radius 2 is 2.17 bits per heavy atom. The maximum Gasteiger partial charge on any atom is 0.327 e. The summed E-state index contributed by atoms with van der Waals surface area (Å²) < 4.78 is 16.1. The predicted molar refractivity (Wildman–Crippen MR) is 51.6 cm³/mol. The average molecular weight is 210 g/mol. The molecule has 3 nitrogen and oxygen atoms in total. The molecule has 0 saturated carbocycles. The summed E-state index contributed by atoms with van der Waals surface area (Å²) in [5.74, 6) is 0. The van der Waals surface area contributed by atoms with E-state index >= 15 is 0 Å². The summed E-state index contributed by atoms with van der Waals surface area (Å²) in [5, 5.41) is 0. The summed E-state index contributed by atoms with van der Waals surface area (Å²) in [6, 6.07) is 0. The molecule has 0 N–H and O–H groups in total. The Labute approximate surface area is 78.6 Å². The molecule has 0 aliphatic carbocycles. The van der Waals surface area contributed by atoms with Crippen molar-refractivity contribution in [1.29, 1.82) is 0 Å². The van der Waals surface area contributed by atoms with E-state index in [-0.39, 0.29) is 11.7 Å². The van der Waals surface area contributed by atoms with Crippen LogP contribution in [0, 0.1) is 0 Å². The highest BCUT2D eigenvalue weighted by Crippen LogP contribution is 2.57. The van der Waals surface area contributed by atoms with E-state index in [4.69, 9.17) is 25.4 Å². The van der Waals surface area contributed by atoms with Crippen molar-refractivity contribution >= 4 is 18.5 Å². The molecule has 1 heterocycles. The molecular weight excluding hydrogens is 195 g/mol. The molecule has 1 fully saturated rings. The first-order chi connectivity index (χ1) is 5.37. The van der Waals surface area contributed by atoms with Crippen LogP contribution in [0.25, 0.3) is 0 Å². The highest BCUT2D eigenvalue weighted by molar-refractivity contribution is 8.07. The maximum absolute atomic E-state index is 5.56. The van der Waals surface area contributed by atoms with E-state index in [1.807, 2.05) is 20.8 Å². The van der Waals surface area contributed by atoms with Gasteiger partial charge in [0, 0.05) is 13.5 Å². The van der Waals surface area contributed by atoms with Gasteiger partial charge >= 0.3 is 6.72 Å². The molecule has 0 aromatic heterocycles. The maximum atomic E-state index is 5.56. The molecular formula is C7H15O3PS. The van der Waals surface area contributed by atoms with Gasteiger partial charge in [0.15, 0.2) is 0 Å². The van der Waals surface area contributed by atoms with E-state index in [0.717, 1.165) is 6.42 Å². The molecule has 1 aliphatic heterocycles. The molecule has 1 aliphatic rings. The van der Waals surface area contributed by atoms with E-state index in [1.165, 1.54) is 7.11 Å². The van der Waals surface area contributed by atoms with Gasteiger partial charge in [-0.3, -0.25) is 0 Å². The van der Waals surface area contributed by atoms with E-state index in [9.17, 15) is 0 Å². The monoisotopic (exact) mass is 210 g/mol. The molecule has 1 saturated heterocycles.